The summed E-state index contributed by atoms with van der Waals surface area (Å²) in [5, 5.41) is 3.10. The minimum atomic E-state index is 0.786. The standard InChI is InChI=1S/C13H24N2O2/c1-11-12(8-13(17-11)9-14-2)10-15(3)6-5-7-16-4/h8,14H,5-7,9-10H2,1-4H3. The summed E-state index contributed by atoms with van der Waals surface area (Å²) < 4.78 is 10.7. The Morgan fingerprint density at radius 2 is 2.24 bits per heavy atom. The fourth-order valence-electron chi connectivity index (χ4n) is 1.85. The molecule has 0 amide bonds. The van der Waals surface area contributed by atoms with E-state index in [9.17, 15) is 0 Å². The molecule has 1 aromatic rings. The minimum Gasteiger partial charge on any atom is -0.465 e. The lowest BCUT2D eigenvalue weighted by atomic mass is 10.2. The van der Waals surface area contributed by atoms with E-state index in [1.54, 1.807) is 7.11 Å². The van der Waals surface area contributed by atoms with E-state index in [1.165, 1.54) is 5.56 Å². The van der Waals surface area contributed by atoms with Crippen molar-refractivity contribution in [3.63, 3.8) is 0 Å². The molecule has 0 unspecified atom stereocenters. The fourth-order valence-corrected chi connectivity index (χ4v) is 1.85. The van der Waals surface area contributed by atoms with Crippen molar-refractivity contribution in [1.29, 1.82) is 0 Å². The molecule has 98 valence electrons. The maximum absolute atomic E-state index is 5.67. The van der Waals surface area contributed by atoms with E-state index in [-0.39, 0.29) is 0 Å². The first kappa shape index (κ1) is 14.2. The lowest BCUT2D eigenvalue weighted by molar-refractivity contribution is 0.178. The molecule has 0 saturated heterocycles. The van der Waals surface area contributed by atoms with Crippen LogP contribution in [0, 0.1) is 6.92 Å². The van der Waals surface area contributed by atoms with Gasteiger partial charge in [0, 0.05) is 32.4 Å². The zero-order valence-electron chi connectivity index (χ0n) is 11.4. The Balaban J connectivity index is 2.44. The van der Waals surface area contributed by atoms with Gasteiger partial charge in [0.25, 0.3) is 0 Å². The van der Waals surface area contributed by atoms with Crippen molar-refractivity contribution in [2.75, 3.05) is 34.4 Å². The zero-order valence-corrected chi connectivity index (χ0v) is 11.4. The fraction of sp³-hybridized carbons (Fsp3) is 0.692. The van der Waals surface area contributed by atoms with Crippen molar-refractivity contribution >= 4 is 0 Å². The Morgan fingerprint density at radius 3 is 2.88 bits per heavy atom. The highest BCUT2D eigenvalue weighted by molar-refractivity contribution is 5.20. The highest BCUT2D eigenvalue weighted by atomic mass is 16.5. The van der Waals surface area contributed by atoms with E-state index in [0.717, 1.165) is 44.2 Å². The molecule has 4 nitrogen and oxygen atoms in total. The second-order valence-corrected chi connectivity index (χ2v) is 4.41. The summed E-state index contributed by atoms with van der Waals surface area (Å²) in [7, 11) is 5.79. The first-order valence-electron chi connectivity index (χ1n) is 6.07. The third kappa shape index (κ3) is 4.89. The lowest BCUT2D eigenvalue weighted by Crippen LogP contribution is -2.20. The smallest absolute Gasteiger partial charge is 0.118 e. The van der Waals surface area contributed by atoms with Crippen molar-refractivity contribution in [3.8, 4) is 0 Å². The Bertz CT molecular complexity index is 323. The summed E-state index contributed by atoms with van der Waals surface area (Å²) in [6, 6.07) is 2.14. The van der Waals surface area contributed by atoms with Crippen LogP contribution in [0.5, 0.6) is 0 Å². The van der Waals surface area contributed by atoms with Crippen molar-refractivity contribution < 1.29 is 9.15 Å². The van der Waals surface area contributed by atoms with Crippen LogP contribution in [0.2, 0.25) is 0 Å². The maximum atomic E-state index is 5.67. The predicted molar refractivity (Wildman–Crippen MR) is 69.0 cm³/mol. The number of nitrogens with zero attached hydrogens (tertiary/aromatic N) is 1. The summed E-state index contributed by atoms with van der Waals surface area (Å²) in [6.45, 7) is 5.61. The molecular weight excluding hydrogens is 216 g/mol. The van der Waals surface area contributed by atoms with Gasteiger partial charge in [-0.1, -0.05) is 0 Å². The summed E-state index contributed by atoms with van der Waals surface area (Å²) in [5.41, 5.74) is 1.27. The van der Waals surface area contributed by atoms with Crippen molar-refractivity contribution in [1.82, 2.24) is 10.2 Å². The van der Waals surface area contributed by atoms with Gasteiger partial charge in [-0.15, -0.1) is 0 Å². The molecule has 0 spiro atoms. The number of methoxy groups -OCH3 is 1. The van der Waals surface area contributed by atoms with E-state index in [2.05, 4.69) is 23.3 Å². The summed E-state index contributed by atoms with van der Waals surface area (Å²) >= 11 is 0. The van der Waals surface area contributed by atoms with Crippen molar-refractivity contribution in [2.45, 2.75) is 26.4 Å². The second-order valence-electron chi connectivity index (χ2n) is 4.41. The second kappa shape index (κ2) is 7.48. The molecule has 0 aromatic carbocycles. The molecule has 0 atom stereocenters. The van der Waals surface area contributed by atoms with E-state index in [0.29, 0.717) is 0 Å². The van der Waals surface area contributed by atoms with Crippen LogP contribution in [-0.2, 0) is 17.8 Å². The molecule has 1 rings (SSSR count). The molecule has 4 heteroatoms. The normalized spacial score (nSPS) is 11.4. The van der Waals surface area contributed by atoms with Gasteiger partial charge in [0.15, 0.2) is 0 Å². The quantitative estimate of drug-likeness (QED) is 0.703. The molecule has 0 fully saturated rings. The number of rotatable bonds is 8. The zero-order chi connectivity index (χ0) is 12.7. The van der Waals surface area contributed by atoms with Gasteiger partial charge in [0.05, 0.1) is 6.54 Å². The van der Waals surface area contributed by atoms with Crippen LogP contribution in [0.1, 0.15) is 23.5 Å². The molecule has 1 heterocycles. The Hall–Kier alpha value is -0.840. The first-order chi connectivity index (χ1) is 8.17. The van der Waals surface area contributed by atoms with Gasteiger partial charge in [0.1, 0.15) is 11.5 Å². The van der Waals surface area contributed by atoms with Crippen LogP contribution in [0.25, 0.3) is 0 Å². The third-order valence-corrected chi connectivity index (χ3v) is 2.75. The molecule has 0 aliphatic carbocycles. The topological polar surface area (TPSA) is 37.6 Å². The van der Waals surface area contributed by atoms with Crippen LogP contribution in [0.4, 0.5) is 0 Å². The van der Waals surface area contributed by atoms with Gasteiger partial charge < -0.3 is 19.4 Å². The van der Waals surface area contributed by atoms with Crippen LogP contribution < -0.4 is 5.32 Å². The summed E-state index contributed by atoms with van der Waals surface area (Å²) in [5.74, 6) is 2.03. The van der Waals surface area contributed by atoms with Gasteiger partial charge >= 0.3 is 0 Å². The van der Waals surface area contributed by atoms with Crippen molar-refractivity contribution in [2.24, 2.45) is 0 Å². The Labute approximate surface area is 104 Å². The van der Waals surface area contributed by atoms with Crippen LogP contribution in [0.15, 0.2) is 10.5 Å². The minimum absolute atomic E-state index is 0.786. The number of ether oxygens (including phenoxy) is 1. The van der Waals surface area contributed by atoms with Gasteiger partial charge in [-0.2, -0.15) is 0 Å². The number of furan rings is 1. The number of hydrogen-bond acceptors (Lipinski definition) is 4. The van der Waals surface area contributed by atoms with Crippen LogP contribution in [-0.4, -0.2) is 39.3 Å². The molecule has 0 saturated carbocycles. The van der Waals surface area contributed by atoms with Gasteiger partial charge in [-0.3, -0.25) is 0 Å². The summed E-state index contributed by atoms with van der Waals surface area (Å²) in [6.07, 6.45) is 1.06. The van der Waals surface area contributed by atoms with Gasteiger partial charge in [-0.05, 0) is 33.5 Å². The van der Waals surface area contributed by atoms with Crippen LogP contribution >= 0.6 is 0 Å². The molecule has 0 aliphatic rings. The molecular formula is C13H24N2O2. The van der Waals surface area contributed by atoms with Crippen molar-refractivity contribution in [3.05, 3.63) is 23.2 Å². The SMILES string of the molecule is CNCc1cc(CN(C)CCCOC)c(C)o1. The largest absolute Gasteiger partial charge is 0.465 e. The molecule has 0 radical (unpaired) electrons. The van der Waals surface area contributed by atoms with Crippen LogP contribution in [0.3, 0.4) is 0 Å². The number of hydrogen-bond donors (Lipinski definition) is 1. The average molecular weight is 240 g/mol. The molecule has 17 heavy (non-hydrogen) atoms. The van der Waals surface area contributed by atoms with E-state index in [1.807, 2.05) is 14.0 Å². The monoisotopic (exact) mass is 240 g/mol. The molecule has 0 bridgehead atoms. The highest BCUT2D eigenvalue weighted by Crippen LogP contribution is 2.16. The van der Waals surface area contributed by atoms with E-state index in [4.69, 9.17) is 9.15 Å². The van der Waals surface area contributed by atoms with Gasteiger partial charge in [-0.25, -0.2) is 0 Å². The molecule has 1 N–H and O–H groups in total. The Kier molecular flexibility index (Phi) is 6.26. The number of aryl methyl sites for hydroxylation is 1. The third-order valence-electron chi connectivity index (χ3n) is 2.75. The lowest BCUT2D eigenvalue weighted by Gasteiger charge is -2.15. The Morgan fingerprint density at radius 1 is 1.47 bits per heavy atom. The highest BCUT2D eigenvalue weighted by Gasteiger charge is 2.09. The maximum Gasteiger partial charge on any atom is 0.118 e. The molecule has 1 aromatic heterocycles. The van der Waals surface area contributed by atoms with E-state index < -0.39 is 0 Å². The van der Waals surface area contributed by atoms with E-state index >= 15 is 0 Å². The first-order valence-corrected chi connectivity index (χ1v) is 6.07. The average Bonchev–Trinajstić information content (AvgIpc) is 2.60. The molecule has 0 aliphatic heterocycles. The van der Waals surface area contributed by atoms with Gasteiger partial charge in [0.2, 0.25) is 0 Å². The summed E-state index contributed by atoms with van der Waals surface area (Å²) in [4.78, 5) is 2.29. The predicted octanol–water partition coefficient (Wildman–Crippen LogP) is 1.78. The number of nitrogens with one attached hydrogen (secondary N) is 1.